The molecule has 2 aromatic rings. The number of anilines is 1. The molecule has 0 aliphatic heterocycles. The van der Waals surface area contributed by atoms with E-state index in [9.17, 15) is 4.39 Å². The summed E-state index contributed by atoms with van der Waals surface area (Å²) >= 11 is 1.44. The summed E-state index contributed by atoms with van der Waals surface area (Å²) in [6.45, 7) is 0. The molecule has 0 aliphatic carbocycles. The maximum atomic E-state index is 13.4. The van der Waals surface area contributed by atoms with Gasteiger partial charge in [0.05, 0.1) is 0 Å². The highest BCUT2D eigenvalue weighted by Crippen LogP contribution is 2.22. The van der Waals surface area contributed by atoms with E-state index in [1.165, 1.54) is 24.2 Å². The van der Waals surface area contributed by atoms with E-state index in [0.717, 1.165) is 5.16 Å². The number of aromatic nitrogens is 3. The third kappa shape index (κ3) is 2.33. The van der Waals surface area contributed by atoms with Crippen molar-refractivity contribution >= 4 is 17.4 Å². The van der Waals surface area contributed by atoms with Crippen molar-refractivity contribution in [1.29, 1.82) is 0 Å². The molecule has 0 radical (unpaired) electrons. The van der Waals surface area contributed by atoms with E-state index >= 15 is 0 Å². The number of aryl methyl sites for hydroxylation is 1. The molecule has 0 fully saturated rings. The number of thioether (sulfide) groups is 1. The van der Waals surface area contributed by atoms with Gasteiger partial charge >= 0.3 is 0 Å². The molecule has 6 heteroatoms. The zero-order valence-electron chi connectivity index (χ0n) is 8.72. The highest BCUT2D eigenvalue weighted by Gasteiger charge is 2.06. The maximum absolute atomic E-state index is 13.4. The minimum absolute atomic E-state index is 0.283. The van der Waals surface area contributed by atoms with Crippen molar-refractivity contribution in [3.63, 3.8) is 0 Å². The lowest BCUT2D eigenvalue weighted by Gasteiger charge is -2.03. The number of nitrogens with zero attached hydrogens (tertiary/aromatic N) is 3. The van der Waals surface area contributed by atoms with Gasteiger partial charge in [0, 0.05) is 18.5 Å². The van der Waals surface area contributed by atoms with E-state index < -0.39 is 0 Å². The summed E-state index contributed by atoms with van der Waals surface area (Å²) in [4.78, 5) is 4.05. The zero-order valence-corrected chi connectivity index (χ0v) is 9.54. The van der Waals surface area contributed by atoms with Gasteiger partial charge in [0.1, 0.15) is 12.1 Å². The summed E-state index contributed by atoms with van der Waals surface area (Å²) in [5.41, 5.74) is 6.52. The van der Waals surface area contributed by atoms with Gasteiger partial charge in [-0.1, -0.05) is 17.8 Å². The minimum atomic E-state index is -0.283. The molecule has 16 heavy (non-hydrogen) atoms. The Balaban J connectivity index is 2.08. The van der Waals surface area contributed by atoms with E-state index in [0.29, 0.717) is 17.0 Å². The Labute approximate surface area is 96.7 Å². The van der Waals surface area contributed by atoms with Gasteiger partial charge < -0.3 is 5.73 Å². The Morgan fingerprint density at radius 3 is 2.94 bits per heavy atom. The van der Waals surface area contributed by atoms with E-state index in [-0.39, 0.29) is 5.82 Å². The molecule has 0 spiro atoms. The monoisotopic (exact) mass is 238 g/mol. The summed E-state index contributed by atoms with van der Waals surface area (Å²) in [5, 5.41) is 4.70. The third-order valence-electron chi connectivity index (χ3n) is 2.10. The smallest absolute Gasteiger partial charge is 0.186 e. The molecule has 0 aliphatic rings. The summed E-state index contributed by atoms with van der Waals surface area (Å²) < 4.78 is 15.1. The molecule has 2 rings (SSSR count). The molecule has 2 N–H and O–H groups in total. The van der Waals surface area contributed by atoms with E-state index in [2.05, 4.69) is 10.1 Å². The summed E-state index contributed by atoms with van der Waals surface area (Å²) in [7, 11) is 1.80. The maximum Gasteiger partial charge on any atom is 0.186 e. The third-order valence-corrected chi connectivity index (χ3v) is 3.19. The van der Waals surface area contributed by atoms with Gasteiger partial charge in [0.15, 0.2) is 5.16 Å². The quantitative estimate of drug-likeness (QED) is 0.654. The molecule has 1 heterocycles. The molecular weight excluding hydrogens is 227 g/mol. The Morgan fingerprint density at radius 2 is 2.31 bits per heavy atom. The Hall–Kier alpha value is -1.56. The van der Waals surface area contributed by atoms with Crippen LogP contribution in [-0.2, 0) is 12.8 Å². The van der Waals surface area contributed by atoms with Gasteiger partial charge in [-0.2, -0.15) is 5.10 Å². The van der Waals surface area contributed by atoms with Gasteiger partial charge in [-0.25, -0.2) is 14.1 Å². The van der Waals surface area contributed by atoms with Crippen molar-refractivity contribution in [3.8, 4) is 0 Å². The predicted octanol–water partition coefficient (Wildman–Crippen LogP) is 1.83. The Morgan fingerprint density at radius 1 is 1.50 bits per heavy atom. The number of halogens is 1. The van der Waals surface area contributed by atoms with Crippen LogP contribution in [0.15, 0.2) is 29.7 Å². The van der Waals surface area contributed by atoms with Gasteiger partial charge in [-0.3, -0.25) is 0 Å². The first kappa shape index (κ1) is 10.9. The van der Waals surface area contributed by atoms with Crippen LogP contribution in [0.4, 0.5) is 10.1 Å². The van der Waals surface area contributed by atoms with Crippen molar-refractivity contribution in [2.45, 2.75) is 10.9 Å². The Bertz CT molecular complexity index is 497. The fourth-order valence-corrected chi connectivity index (χ4v) is 2.11. The first-order valence-electron chi connectivity index (χ1n) is 4.67. The number of hydrogen-bond donors (Lipinski definition) is 1. The van der Waals surface area contributed by atoms with Crippen molar-refractivity contribution in [1.82, 2.24) is 14.8 Å². The lowest BCUT2D eigenvalue weighted by atomic mass is 10.2. The van der Waals surface area contributed by atoms with Crippen molar-refractivity contribution in [2.75, 3.05) is 5.73 Å². The predicted molar refractivity (Wildman–Crippen MR) is 61.4 cm³/mol. The highest BCUT2D eigenvalue weighted by molar-refractivity contribution is 7.98. The van der Waals surface area contributed by atoms with Crippen LogP contribution in [0, 0.1) is 5.82 Å². The molecule has 1 aromatic carbocycles. The highest BCUT2D eigenvalue weighted by atomic mass is 32.2. The summed E-state index contributed by atoms with van der Waals surface area (Å²) in [6.07, 6.45) is 1.47. The van der Waals surface area contributed by atoms with Crippen molar-refractivity contribution in [2.24, 2.45) is 7.05 Å². The van der Waals surface area contributed by atoms with Crippen LogP contribution in [0.25, 0.3) is 0 Å². The second-order valence-corrected chi connectivity index (χ2v) is 4.25. The van der Waals surface area contributed by atoms with Gasteiger partial charge in [0.25, 0.3) is 0 Å². The van der Waals surface area contributed by atoms with Crippen LogP contribution in [0.2, 0.25) is 0 Å². The molecule has 0 unspecified atom stereocenters. The average molecular weight is 238 g/mol. The topological polar surface area (TPSA) is 56.7 Å². The van der Waals surface area contributed by atoms with Crippen molar-refractivity contribution in [3.05, 3.63) is 35.9 Å². The molecule has 0 saturated heterocycles. The standard InChI is InChI=1S/C10H11FN4S/c1-15-10(13-6-14-15)16-5-7-2-3-8(12)4-9(7)11/h2-4,6H,5,12H2,1H3. The molecular formula is C10H11FN4S. The van der Waals surface area contributed by atoms with Crippen LogP contribution in [0.1, 0.15) is 5.56 Å². The molecule has 0 bridgehead atoms. The second-order valence-electron chi connectivity index (χ2n) is 3.31. The fourth-order valence-electron chi connectivity index (χ4n) is 1.24. The molecule has 84 valence electrons. The average Bonchev–Trinajstić information content (AvgIpc) is 2.63. The van der Waals surface area contributed by atoms with Gasteiger partial charge in [-0.15, -0.1) is 0 Å². The number of nitrogens with two attached hydrogens (primary N) is 1. The lowest BCUT2D eigenvalue weighted by Crippen LogP contribution is -1.95. The largest absolute Gasteiger partial charge is 0.399 e. The number of benzene rings is 1. The van der Waals surface area contributed by atoms with Crippen LogP contribution in [0.5, 0.6) is 0 Å². The summed E-state index contributed by atoms with van der Waals surface area (Å²) in [5.74, 6) is 0.230. The molecule has 1 aromatic heterocycles. The number of rotatable bonds is 3. The normalized spacial score (nSPS) is 10.6. The lowest BCUT2D eigenvalue weighted by molar-refractivity contribution is 0.617. The first-order valence-corrected chi connectivity index (χ1v) is 5.66. The Kier molecular flexibility index (Phi) is 3.09. The van der Waals surface area contributed by atoms with Crippen LogP contribution in [-0.4, -0.2) is 14.8 Å². The molecule has 0 atom stereocenters. The molecule has 4 nitrogen and oxygen atoms in total. The fraction of sp³-hybridized carbons (Fsp3) is 0.200. The van der Waals surface area contributed by atoms with Gasteiger partial charge in [-0.05, 0) is 17.7 Å². The second kappa shape index (κ2) is 4.52. The van der Waals surface area contributed by atoms with Crippen LogP contribution < -0.4 is 5.73 Å². The van der Waals surface area contributed by atoms with E-state index in [4.69, 9.17) is 5.73 Å². The van der Waals surface area contributed by atoms with E-state index in [1.54, 1.807) is 23.9 Å². The SMILES string of the molecule is Cn1ncnc1SCc1ccc(N)cc1F. The number of hydrogen-bond acceptors (Lipinski definition) is 4. The number of nitrogen functional groups attached to an aromatic ring is 1. The first-order chi connectivity index (χ1) is 7.66. The zero-order chi connectivity index (χ0) is 11.5. The van der Waals surface area contributed by atoms with Gasteiger partial charge in [0.2, 0.25) is 0 Å². The van der Waals surface area contributed by atoms with Crippen molar-refractivity contribution < 1.29 is 4.39 Å². The summed E-state index contributed by atoms with van der Waals surface area (Å²) in [6, 6.07) is 4.70. The van der Waals surface area contributed by atoms with E-state index in [1.807, 2.05) is 0 Å². The molecule has 0 amide bonds. The molecule has 0 saturated carbocycles. The van der Waals surface area contributed by atoms with Crippen LogP contribution >= 0.6 is 11.8 Å². The van der Waals surface area contributed by atoms with Crippen LogP contribution in [0.3, 0.4) is 0 Å². The minimum Gasteiger partial charge on any atom is -0.399 e.